The van der Waals surface area contributed by atoms with Crippen LogP contribution in [-0.4, -0.2) is 48.1 Å². The van der Waals surface area contributed by atoms with E-state index < -0.39 is 45.2 Å². The van der Waals surface area contributed by atoms with E-state index in [0.717, 1.165) is 0 Å². The Kier molecular flexibility index (Phi) is 7.46. The van der Waals surface area contributed by atoms with Gasteiger partial charge in [-0.2, -0.15) is 65.5 Å². The molecule has 0 radical (unpaired) electrons. The third-order valence-electron chi connectivity index (χ3n) is 2.23. The first-order valence-electron chi connectivity index (χ1n) is 4.43. The Bertz CT molecular complexity index is 571. The van der Waals surface area contributed by atoms with Crippen molar-refractivity contribution in [2.45, 2.75) is 35.1 Å². The summed E-state index contributed by atoms with van der Waals surface area (Å²) in [6, 6.07) is 0. The largest absolute Gasteiger partial charge is 1.00 e. The molecule has 18 heteroatoms. The van der Waals surface area contributed by atoms with E-state index in [0.29, 0.717) is 0 Å². The summed E-state index contributed by atoms with van der Waals surface area (Å²) in [6.07, 6.45) is -7.59. The monoisotopic (exact) mass is 440 g/mol. The second-order valence-electron chi connectivity index (χ2n) is 3.79. The number of halogens is 13. The van der Waals surface area contributed by atoms with Gasteiger partial charge in [0.25, 0.3) is 0 Å². The summed E-state index contributed by atoms with van der Waals surface area (Å²) in [4.78, 5) is 0. The van der Waals surface area contributed by atoms with E-state index >= 15 is 0 Å². The molecular weight excluding hydrogens is 438 g/mol. The van der Waals surface area contributed by atoms with Crippen LogP contribution < -0.4 is 51.4 Å². The van der Waals surface area contributed by atoms with Crippen molar-refractivity contribution in [1.29, 1.82) is 0 Å². The molecule has 0 spiro atoms. The van der Waals surface area contributed by atoms with Gasteiger partial charge in [-0.25, -0.2) is 0 Å². The van der Waals surface area contributed by atoms with Crippen LogP contribution in [0.4, 0.5) is 57.1 Å². The fraction of sp³-hybridized carbons (Fsp3) is 1.00. The van der Waals surface area contributed by atoms with Gasteiger partial charge in [0.05, 0.1) is 0 Å². The molecule has 3 nitrogen and oxygen atoms in total. The summed E-state index contributed by atoms with van der Waals surface area (Å²) in [5, 5.41) is -7.52. The van der Waals surface area contributed by atoms with Gasteiger partial charge in [0.2, 0.25) is 0 Å². The first-order valence-corrected chi connectivity index (χ1v) is 5.87. The quantitative estimate of drug-likeness (QED) is 0.389. The van der Waals surface area contributed by atoms with Gasteiger partial charge < -0.3 is 1.43 Å². The maximum atomic E-state index is 12.7. The fourth-order valence-corrected chi connectivity index (χ4v) is 1.37. The van der Waals surface area contributed by atoms with Gasteiger partial charge in [-0.05, 0) is 0 Å². The Morgan fingerprint density at radius 3 is 1.04 bits per heavy atom. The molecule has 0 aliphatic carbocycles. The zero-order chi connectivity index (χ0) is 19.5. The van der Waals surface area contributed by atoms with Gasteiger partial charge in [-0.3, -0.25) is 4.55 Å². The normalized spacial score (nSPS) is 15.9. The van der Waals surface area contributed by atoms with Crippen molar-refractivity contribution >= 4 is 10.1 Å². The molecule has 142 valence electrons. The van der Waals surface area contributed by atoms with Gasteiger partial charge in [0.15, 0.2) is 0 Å². The van der Waals surface area contributed by atoms with E-state index in [-0.39, 0.29) is 52.8 Å². The summed E-state index contributed by atoms with van der Waals surface area (Å²) >= 11 is 0. The maximum Gasteiger partial charge on any atom is 1.00 e. The number of rotatable bonds is 5. The molecule has 0 aliphatic heterocycles. The first kappa shape index (κ1) is 26.9. The fourth-order valence-electron chi connectivity index (χ4n) is 0.917. The molecule has 0 heterocycles. The Labute approximate surface area is 167 Å². The molecule has 0 aromatic rings. The Morgan fingerprint density at radius 1 is 0.583 bits per heavy atom. The zero-order valence-electron chi connectivity index (χ0n) is 11.6. The summed E-state index contributed by atoms with van der Waals surface area (Å²) < 4.78 is 188. The van der Waals surface area contributed by atoms with Crippen LogP contribution in [0.2, 0.25) is 0 Å². The van der Waals surface area contributed by atoms with Crippen LogP contribution in [-0.2, 0) is 10.1 Å². The summed E-state index contributed by atoms with van der Waals surface area (Å²) in [5.74, 6) is -32.5. The molecule has 0 fully saturated rings. The van der Waals surface area contributed by atoms with Crippen LogP contribution in [0.3, 0.4) is 0 Å². The molecule has 0 aliphatic rings. The van der Waals surface area contributed by atoms with E-state index in [1.807, 2.05) is 0 Å². The van der Waals surface area contributed by atoms with Gasteiger partial charge in [0.1, 0.15) is 0 Å². The van der Waals surface area contributed by atoms with Gasteiger partial charge >= 0.3 is 96.6 Å². The van der Waals surface area contributed by atoms with Crippen molar-refractivity contribution in [2.75, 3.05) is 0 Å². The van der Waals surface area contributed by atoms with Crippen molar-refractivity contribution in [3.63, 3.8) is 0 Å². The summed E-state index contributed by atoms with van der Waals surface area (Å²) in [5.41, 5.74) is 0. The molecule has 0 saturated heterocycles. The van der Waals surface area contributed by atoms with E-state index in [2.05, 4.69) is 0 Å². The maximum absolute atomic E-state index is 12.7. The molecule has 0 aromatic heterocycles. The third kappa shape index (κ3) is 3.55. The van der Waals surface area contributed by atoms with Crippen LogP contribution in [0.5, 0.6) is 0 Å². The smallest absolute Gasteiger partial charge is 1.00 e. The van der Waals surface area contributed by atoms with Gasteiger partial charge in [0, 0.05) is 0 Å². The number of hydrogen-bond acceptors (Lipinski definition) is 2. The Balaban J connectivity index is -0.00000242. The first-order chi connectivity index (χ1) is 9.50. The predicted molar refractivity (Wildman–Crippen MR) is 43.5 cm³/mol. The Morgan fingerprint density at radius 2 is 0.833 bits per heavy atom. The second-order valence-corrected chi connectivity index (χ2v) is 5.25. The topological polar surface area (TPSA) is 54.4 Å². The predicted octanol–water partition coefficient (Wildman–Crippen LogP) is 0.687. The van der Waals surface area contributed by atoms with Crippen molar-refractivity contribution in [3.8, 4) is 0 Å². The average molecular weight is 440 g/mol. The van der Waals surface area contributed by atoms with Crippen LogP contribution in [0.25, 0.3) is 0 Å². The number of hydrogen-bond donors (Lipinski definition) is 1. The SMILES string of the molecule is O=S(=O)(O)C(F)(F)C(F)(F)C(F)(F)C(F)(F)C(F)(F)C(F)(F)F.[H-].[K+]. The zero-order valence-corrected chi connectivity index (χ0v) is 14.5. The third-order valence-corrected chi connectivity index (χ3v) is 3.13. The molecule has 0 atom stereocenters. The van der Waals surface area contributed by atoms with Crippen LogP contribution in [0, 0.1) is 0 Å². The van der Waals surface area contributed by atoms with Crippen LogP contribution in [0.1, 0.15) is 1.43 Å². The minimum Gasteiger partial charge on any atom is -1.00 e. The number of alkyl halides is 13. The van der Waals surface area contributed by atoms with Gasteiger partial charge in [-0.1, -0.05) is 0 Å². The molecule has 1 N–H and O–H groups in total. The van der Waals surface area contributed by atoms with Crippen molar-refractivity contribution < 1.29 is 123 Å². The molecule has 24 heavy (non-hydrogen) atoms. The van der Waals surface area contributed by atoms with Crippen LogP contribution >= 0.6 is 0 Å². The summed E-state index contributed by atoms with van der Waals surface area (Å²) in [6.45, 7) is 0. The van der Waals surface area contributed by atoms with Gasteiger partial charge in [-0.15, -0.1) is 0 Å². The van der Waals surface area contributed by atoms with E-state index in [1.54, 1.807) is 0 Å². The Hall–Kier alpha value is 0.636. The van der Waals surface area contributed by atoms with E-state index in [9.17, 15) is 65.5 Å². The minimum absolute atomic E-state index is 0. The summed E-state index contributed by atoms with van der Waals surface area (Å²) in [7, 11) is -7.61. The van der Waals surface area contributed by atoms with E-state index in [4.69, 9.17) is 4.55 Å². The van der Waals surface area contributed by atoms with E-state index in [1.165, 1.54) is 0 Å². The molecular formula is C6H2F13KO3S. The average Bonchev–Trinajstić information content (AvgIpc) is 2.24. The van der Waals surface area contributed by atoms with Crippen molar-refractivity contribution in [2.24, 2.45) is 0 Å². The minimum atomic E-state index is -8.25. The van der Waals surface area contributed by atoms with Crippen LogP contribution in [0.15, 0.2) is 0 Å². The van der Waals surface area contributed by atoms with Crippen molar-refractivity contribution in [3.05, 3.63) is 0 Å². The molecule has 0 saturated carbocycles. The molecule has 0 bridgehead atoms. The molecule has 0 aromatic carbocycles. The molecule has 0 rings (SSSR count). The van der Waals surface area contributed by atoms with Crippen molar-refractivity contribution in [1.82, 2.24) is 0 Å². The standard InChI is InChI=1S/C6HF13O3S.K.H/c7-1(8,3(11,12)5(15,16)17)2(9,10)4(13,14)6(18,19)23(20,21)22;;/h(H,20,21,22);;/q;+1;-1. The molecule has 0 unspecified atom stereocenters. The second kappa shape index (κ2) is 6.66. The molecule has 0 amide bonds.